The molecule has 0 radical (unpaired) electrons. The first-order valence-electron chi connectivity index (χ1n) is 6.88. The Morgan fingerprint density at radius 3 is 2.63 bits per heavy atom. The van der Waals surface area contributed by atoms with Crippen molar-refractivity contribution in [3.8, 4) is 0 Å². The van der Waals surface area contributed by atoms with Crippen molar-refractivity contribution in [2.75, 3.05) is 13.7 Å². The Kier molecular flexibility index (Phi) is 5.28. The molecule has 106 valence electrons. The summed E-state index contributed by atoms with van der Waals surface area (Å²) in [6, 6.07) is 4.14. The normalized spacial score (nSPS) is 23.5. The first-order chi connectivity index (χ1) is 9.17. The molecule has 0 heterocycles. The Balaban J connectivity index is 1.76. The van der Waals surface area contributed by atoms with Crippen molar-refractivity contribution in [1.29, 1.82) is 0 Å². The maximum Gasteiger partial charge on any atom is 0.126 e. The molecule has 1 saturated carbocycles. The highest BCUT2D eigenvalue weighted by Gasteiger charge is 2.20. The first-order valence-corrected chi connectivity index (χ1v) is 6.88. The topological polar surface area (TPSA) is 21.3 Å². The second-order valence-electron chi connectivity index (χ2n) is 5.20. The molecule has 1 N–H and O–H groups in total. The zero-order valence-corrected chi connectivity index (χ0v) is 11.3. The van der Waals surface area contributed by atoms with E-state index in [1.54, 1.807) is 7.11 Å². The summed E-state index contributed by atoms with van der Waals surface area (Å²) >= 11 is 0. The molecule has 2 unspecified atom stereocenters. The Morgan fingerprint density at radius 1 is 1.21 bits per heavy atom. The van der Waals surface area contributed by atoms with Gasteiger partial charge in [-0.1, -0.05) is 0 Å². The molecule has 0 spiro atoms. The molecule has 1 fully saturated rings. The van der Waals surface area contributed by atoms with Gasteiger partial charge in [0.05, 0.1) is 6.10 Å². The van der Waals surface area contributed by atoms with Gasteiger partial charge in [0.25, 0.3) is 0 Å². The fraction of sp³-hybridized carbons (Fsp3) is 0.600. The van der Waals surface area contributed by atoms with Crippen molar-refractivity contribution in [1.82, 2.24) is 5.32 Å². The predicted octanol–water partition coefficient (Wildman–Crippen LogP) is 3.05. The van der Waals surface area contributed by atoms with Crippen molar-refractivity contribution < 1.29 is 13.5 Å². The average Bonchev–Trinajstić information content (AvgIpc) is 2.38. The Bertz CT molecular complexity index is 391. The van der Waals surface area contributed by atoms with Gasteiger partial charge >= 0.3 is 0 Å². The summed E-state index contributed by atoms with van der Waals surface area (Å²) in [5.41, 5.74) is 0.698. The number of halogens is 2. The summed E-state index contributed by atoms with van der Waals surface area (Å²) in [5, 5.41) is 3.45. The minimum absolute atomic E-state index is 0.345. The number of benzene rings is 1. The molecule has 0 aliphatic heterocycles. The third-order valence-corrected chi connectivity index (χ3v) is 3.73. The van der Waals surface area contributed by atoms with Crippen LogP contribution in [-0.4, -0.2) is 25.8 Å². The number of nitrogens with one attached hydrogen (secondary N) is 1. The number of methoxy groups -OCH3 is 1. The molecule has 1 aliphatic rings. The van der Waals surface area contributed by atoms with E-state index >= 15 is 0 Å². The molecule has 2 nitrogen and oxygen atoms in total. The monoisotopic (exact) mass is 269 g/mol. The first kappa shape index (κ1) is 14.4. The van der Waals surface area contributed by atoms with E-state index in [0.29, 0.717) is 24.1 Å². The Hall–Kier alpha value is -1.00. The minimum Gasteiger partial charge on any atom is -0.381 e. The molecule has 4 heteroatoms. The number of rotatable bonds is 5. The summed E-state index contributed by atoms with van der Waals surface area (Å²) < 4.78 is 31.4. The smallest absolute Gasteiger partial charge is 0.126 e. The highest BCUT2D eigenvalue weighted by atomic mass is 19.1. The third-order valence-electron chi connectivity index (χ3n) is 3.73. The predicted molar refractivity (Wildman–Crippen MR) is 71.1 cm³/mol. The summed E-state index contributed by atoms with van der Waals surface area (Å²) in [5.74, 6) is -1.01. The van der Waals surface area contributed by atoms with Gasteiger partial charge in [-0.25, -0.2) is 8.78 Å². The second kappa shape index (κ2) is 6.96. The number of ether oxygens (including phenoxy) is 1. The van der Waals surface area contributed by atoms with Crippen molar-refractivity contribution >= 4 is 0 Å². The van der Waals surface area contributed by atoms with E-state index < -0.39 is 11.6 Å². The van der Waals surface area contributed by atoms with Gasteiger partial charge in [-0.3, -0.25) is 0 Å². The van der Waals surface area contributed by atoms with Crippen LogP contribution >= 0.6 is 0 Å². The van der Waals surface area contributed by atoms with Gasteiger partial charge in [0.15, 0.2) is 0 Å². The number of hydrogen-bond acceptors (Lipinski definition) is 2. The Morgan fingerprint density at radius 2 is 1.95 bits per heavy atom. The minimum atomic E-state index is -0.507. The molecule has 19 heavy (non-hydrogen) atoms. The molecule has 1 aromatic rings. The van der Waals surface area contributed by atoms with Crippen LogP contribution in [0.5, 0.6) is 0 Å². The molecule has 2 atom stereocenters. The quantitative estimate of drug-likeness (QED) is 0.887. The summed E-state index contributed by atoms with van der Waals surface area (Å²) in [4.78, 5) is 0. The molecule has 0 aromatic heterocycles. The van der Waals surface area contributed by atoms with Gasteiger partial charge in [0.2, 0.25) is 0 Å². The zero-order valence-electron chi connectivity index (χ0n) is 11.3. The lowest BCUT2D eigenvalue weighted by atomic mass is 9.93. The van der Waals surface area contributed by atoms with E-state index in [-0.39, 0.29) is 0 Å². The fourth-order valence-electron chi connectivity index (χ4n) is 2.72. The van der Waals surface area contributed by atoms with Crippen molar-refractivity contribution in [2.24, 2.45) is 0 Å². The summed E-state index contributed by atoms with van der Waals surface area (Å²) in [6.45, 7) is 0.740. The van der Waals surface area contributed by atoms with Gasteiger partial charge in [0, 0.05) is 19.2 Å². The molecule has 1 aliphatic carbocycles. The molecular weight excluding hydrogens is 248 g/mol. The van der Waals surface area contributed by atoms with Gasteiger partial charge < -0.3 is 10.1 Å². The van der Waals surface area contributed by atoms with E-state index in [9.17, 15) is 8.78 Å². The highest BCUT2D eigenvalue weighted by molar-refractivity contribution is 5.18. The lowest BCUT2D eigenvalue weighted by Crippen LogP contribution is -2.37. The van der Waals surface area contributed by atoms with E-state index in [0.717, 1.165) is 31.9 Å². The van der Waals surface area contributed by atoms with E-state index in [4.69, 9.17) is 4.74 Å². The Labute approximate surface area is 113 Å². The average molecular weight is 269 g/mol. The van der Waals surface area contributed by atoms with Crippen LogP contribution in [0.1, 0.15) is 31.2 Å². The van der Waals surface area contributed by atoms with Crippen LogP contribution in [0.3, 0.4) is 0 Å². The largest absolute Gasteiger partial charge is 0.381 e. The van der Waals surface area contributed by atoms with Gasteiger partial charge in [-0.05, 0) is 56.3 Å². The van der Waals surface area contributed by atoms with Gasteiger partial charge in [0.1, 0.15) is 11.6 Å². The van der Waals surface area contributed by atoms with Crippen LogP contribution in [0, 0.1) is 11.6 Å². The van der Waals surface area contributed by atoms with Crippen molar-refractivity contribution in [3.05, 3.63) is 35.4 Å². The second-order valence-corrected chi connectivity index (χ2v) is 5.20. The van der Waals surface area contributed by atoms with Gasteiger partial charge in [-0.2, -0.15) is 0 Å². The summed E-state index contributed by atoms with van der Waals surface area (Å²) in [6.07, 6.45) is 5.46. The van der Waals surface area contributed by atoms with Crippen molar-refractivity contribution in [2.45, 2.75) is 44.2 Å². The van der Waals surface area contributed by atoms with E-state index in [2.05, 4.69) is 5.32 Å². The standard InChI is InChI=1S/C15H21F2NO/c1-19-15-4-2-3-14(10-15)18-6-5-11-7-12(16)9-13(17)8-11/h7-9,14-15,18H,2-6,10H2,1H3. The number of hydrogen-bond donors (Lipinski definition) is 1. The third kappa shape index (κ3) is 4.55. The van der Waals surface area contributed by atoms with E-state index in [1.807, 2.05) is 0 Å². The molecular formula is C15H21F2NO. The van der Waals surface area contributed by atoms with E-state index in [1.165, 1.54) is 18.6 Å². The molecule has 0 saturated heterocycles. The van der Waals surface area contributed by atoms with Crippen LogP contribution < -0.4 is 5.32 Å². The highest BCUT2D eigenvalue weighted by Crippen LogP contribution is 2.20. The lowest BCUT2D eigenvalue weighted by molar-refractivity contribution is 0.0590. The van der Waals surface area contributed by atoms with Crippen molar-refractivity contribution in [3.63, 3.8) is 0 Å². The summed E-state index contributed by atoms with van der Waals surface area (Å²) in [7, 11) is 1.75. The van der Waals surface area contributed by atoms with Crippen LogP contribution in [0.25, 0.3) is 0 Å². The molecule has 0 bridgehead atoms. The zero-order chi connectivity index (χ0) is 13.7. The van der Waals surface area contributed by atoms with Crippen LogP contribution in [0.2, 0.25) is 0 Å². The van der Waals surface area contributed by atoms with Gasteiger partial charge in [-0.15, -0.1) is 0 Å². The maximum atomic E-state index is 13.0. The molecule has 2 rings (SSSR count). The lowest BCUT2D eigenvalue weighted by Gasteiger charge is -2.29. The van der Waals surface area contributed by atoms with Crippen LogP contribution in [0.15, 0.2) is 18.2 Å². The fourth-order valence-corrected chi connectivity index (χ4v) is 2.72. The van der Waals surface area contributed by atoms with Crippen LogP contribution in [0.4, 0.5) is 8.78 Å². The van der Waals surface area contributed by atoms with Crippen LogP contribution in [-0.2, 0) is 11.2 Å². The molecule has 0 amide bonds. The maximum absolute atomic E-state index is 13.0. The molecule has 1 aromatic carbocycles. The SMILES string of the molecule is COC1CCCC(NCCc2cc(F)cc(F)c2)C1.